The summed E-state index contributed by atoms with van der Waals surface area (Å²) in [5, 5.41) is 6.08. The summed E-state index contributed by atoms with van der Waals surface area (Å²) < 4.78 is 5.25. The maximum atomic E-state index is 12.1. The minimum Gasteiger partial charge on any atom is -0.444 e. The van der Waals surface area contributed by atoms with E-state index in [1.165, 1.54) is 0 Å². The van der Waals surface area contributed by atoms with E-state index in [0.717, 1.165) is 0 Å². The summed E-state index contributed by atoms with van der Waals surface area (Å²) in [6, 6.07) is -0.234. The number of carbonyl (C=O) groups excluding carboxylic acids is 2. The van der Waals surface area contributed by atoms with Gasteiger partial charge < -0.3 is 20.3 Å². The molecule has 6 nitrogen and oxygen atoms in total. The standard InChI is InChI=1S/C17H35N3O3/c1-9-20(8)15(21)13(4)18-10-14(12(2)3)11-19-16(22)23-17(5,6)7/h12-14,18H,9-11H2,1-8H3,(H,19,22). The second-order valence-electron chi connectivity index (χ2n) is 7.37. The van der Waals surface area contributed by atoms with Gasteiger partial charge in [0.1, 0.15) is 5.60 Å². The largest absolute Gasteiger partial charge is 0.444 e. The zero-order valence-corrected chi connectivity index (χ0v) is 16.0. The summed E-state index contributed by atoms with van der Waals surface area (Å²) in [6.07, 6.45) is -0.405. The van der Waals surface area contributed by atoms with Gasteiger partial charge in [-0.1, -0.05) is 13.8 Å². The number of ether oxygens (including phenoxy) is 1. The summed E-state index contributed by atoms with van der Waals surface area (Å²) in [5.74, 6) is 0.684. The van der Waals surface area contributed by atoms with Crippen LogP contribution in [0, 0.1) is 11.8 Å². The molecule has 0 bridgehead atoms. The third kappa shape index (κ3) is 9.43. The molecule has 6 heteroatoms. The van der Waals surface area contributed by atoms with Crippen LogP contribution in [0.2, 0.25) is 0 Å². The zero-order chi connectivity index (χ0) is 18.2. The molecule has 0 saturated heterocycles. The first kappa shape index (κ1) is 21.7. The van der Waals surface area contributed by atoms with Crippen molar-refractivity contribution in [3.8, 4) is 0 Å². The first-order valence-corrected chi connectivity index (χ1v) is 8.43. The number of nitrogens with one attached hydrogen (secondary N) is 2. The summed E-state index contributed by atoms with van der Waals surface area (Å²) in [5.41, 5.74) is -0.499. The Morgan fingerprint density at radius 1 is 1.13 bits per heavy atom. The Morgan fingerprint density at radius 3 is 2.13 bits per heavy atom. The van der Waals surface area contributed by atoms with Crippen LogP contribution in [0.1, 0.15) is 48.5 Å². The van der Waals surface area contributed by atoms with E-state index in [-0.39, 0.29) is 17.9 Å². The number of amides is 2. The molecule has 2 N–H and O–H groups in total. The maximum Gasteiger partial charge on any atom is 0.407 e. The second kappa shape index (κ2) is 9.75. The van der Waals surface area contributed by atoms with Gasteiger partial charge in [-0.25, -0.2) is 4.79 Å². The van der Waals surface area contributed by atoms with Gasteiger partial charge in [0.25, 0.3) is 0 Å². The molecule has 0 radical (unpaired) electrons. The molecule has 0 aliphatic rings. The van der Waals surface area contributed by atoms with E-state index >= 15 is 0 Å². The van der Waals surface area contributed by atoms with Crippen molar-refractivity contribution < 1.29 is 14.3 Å². The fourth-order valence-corrected chi connectivity index (χ4v) is 1.97. The van der Waals surface area contributed by atoms with Crippen LogP contribution in [0.3, 0.4) is 0 Å². The minimum atomic E-state index is -0.499. The lowest BCUT2D eigenvalue weighted by atomic mass is 9.95. The Labute approximate surface area is 141 Å². The molecule has 0 aromatic rings. The molecule has 0 aromatic carbocycles. The third-order valence-corrected chi connectivity index (χ3v) is 3.76. The Hall–Kier alpha value is -1.30. The van der Waals surface area contributed by atoms with Gasteiger partial charge in [-0.05, 0) is 46.5 Å². The molecule has 136 valence electrons. The highest BCUT2D eigenvalue weighted by Gasteiger charge is 2.21. The molecule has 0 heterocycles. The summed E-state index contributed by atoms with van der Waals surface area (Å²) >= 11 is 0. The Morgan fingerprint density at radius 2 is 1.70 bits per heavy atom. The monoisotopic (exact) mass is 329 g/mol. The summed E-state index contributed by atoms with van der Waals surface area (Å²) in [4.78, 5) is 25.5. The van der Waals surface area contributed by atoms with E-state index in [1.54, 1.807) is 11.9 Å². The van der Waals surface area contributed by atoms with Crippen LogP contribution in [0.5, 0.6) is 0 Å². The van der Waals surface area contributed by atoms with Gasteiger partial charge in [0.15, 0.2) is 0 Å². The normalized spacial score (nSPS) is 14.3. The molecule has 2 atom stereocenters. The van der Waals surface area contributed by atoms with Crippen molar-refractivity contribution in [3.63, 3.8) is 0 Å². The minimum absolute atomic E-state index is 0.0788. The predicted octanol–water partition coefficient (Wildman–Crippen LogP) is 2.24. The Balaban J connectivity index is 4.38. The predicted molar refractivity (Wildman–Crippen MR) is 93.3 cm³/mol. The van der Waals surface area contributed by atoms with E-state index in [0.29, 0.717) is 25.6 Å². The Bertz CT molecular complexity index is 378. The van der Waals surface area contributed by atoms with Crippen LogP contribution in [0.25, 0.3) is 0 Å². The molecule has 0 aliphatic heterocycles. The lowest BCUT2D eigenvalue weighted by Gasteiger charge is -2.26. The number of rotatable bonds is 8. The molecule has 0 fully saturated rings. The first-order valence-electron chi connectivity index (χ1n) is 8.43. The molecule has 0 saturated carbocycles. The van der Waals surface area contributed by atoms with Crippen molar-refractivity contribution in [2.45, 2.75) is 60.1 Å². The quantitative estimate of drug-likeness (QED) is 0.716. The van der Waals surface area contributed by atoms with E-state index in [9.17, 15) is 9.59 Å². The van der Waals surface area contributed by atoms with Gasteiger partial charge in [-0.2, -0.15) is 0 Å². The SMILES string of the molecule is CCN(C)C(=O)C(C)NCC(CNC(=O)OC(C)(C)C)C(C)C. The van der Waals surface area contributed by atoms with Gasteiger partial charge >= 0.3 is 6.09 Å². The number of carbonyl (C=O) groups is 2. The van der Waals surface area contributed by atoms with Gasteiger partial charge in [-0.3, -0.25) is 4.79 Å². The van der Waals surface area contributed by atoms with Crippen LogP contribution in [0.15, 0.2) is 0 Å². The highest BCUT2D eigenvalue weighted by atomic mass is 16.6. The second-order valence-corrected chi connectivity index (χ2v) is 7.37. The number of hydrogen-bond acceptors (Lipinski definition) is 4. The van der Waals surface area contributed by atoms with E-state index in [2.05, 4.69) is 24.5 Å². The number of hydrogen-bond donors (Lipinski definition) is 2. The van der Waals surface area contributed by atoms with Crippen LogP contribution in [0.4, 0.5) is 4.79 Å². The molecule has 2 amide bonds. The van der Waals surface area contributed by atoms with Gasteiger partial charge in [0.2, 0.25) is 5.91 Å². The molecule has 0 rings (SSSR count). The first-order chi connectivity index (χ1) is 10.5. The summed E-state index contributed by atoms with van der Waals surface area (Å²) in [7, 11) is 1.80. The van der Waals surface area contributed by atoms with E-state index in [4.69, 9.17) is 4.74 Å². The lowest BCUT2D eigenvalue weighted by Crippen LogP contribution is -2.46. The van der Waals surface area contributed by atoms with Crippen molar-refractivity contribution in [3.05, 3.63) is 0 Å². The molecule has 0 aliphatic carbocycles. The fourth-order valence-electron chi connectivity index (χ4n) is 1.97. The summed E-state index contributed by atoms with van der Waals surface area (Å²) in [6.45, 7) is 15.4. The maximum absolute atomic E-state index is 12.1. The smallest absolute Gasteiger partial charge is 0.407 e. The average molecular weight is 329 g/mol. The Kier molecular flexibility index (Phi) is 9.20. The lowest BCUT2D eigenvalue weighted by molar-refractivity contribution is -0.131. The number of alkyl carbamates (subject to hydrolysis) is 1. The molecular formula is C17H35N3O3. The van der Waals surface area contributed by atoms with Crippen molar-refractivity contribution in [2.75, 3.05) is 26.7 Å². The number of likely N-dealkylation sites (N-methyl/N-ethyl adjacent to an activating group) is 1. The highest BCUT2D eigenvalue weighted by Crippen LogP contribution is 2.11. The highest BCUT2D eigenvalue weighted by molar-refractivity contribution is 5.81. The fraction of sp³-hybridized carbons (Fsp3) is 0.882. The molecule has 0 aromatic heterocycles. The van der Waals surface area contributed by atoms with Gasteiger partial charge in [0.05, 0.1) is 6.04 Å². The van der Waals surface area contributed by atoms with Crippen LogP contribution in [-0.2, 0) is 9.53 Å². The van der Waals surface area contributed by atoms with Crippen molar-refractivity contribution in [1.29, 1.82) is 0 Å². The van der Waals surface area contributed by atoms with E-state index < -0.39 is 11.7 Å². The van der Waals surface area contributed by atoms with Gasteiger partial charge in [0, 0.05) is 26.7 Å². The average Bonchev–Trinajstić information content (AvgIpc) is 2.42. The van der Waals surface area contributed by atoms with Crippen LogP contribution >= 0.6 is 0 Å². The molecular weight excluding hydrogens is 294 g/mol. The molecule has 2 unspecified atom stereocenters. The molecule has 0 spiro atoms. The van der Waals surface area contributed by atoms with Gasteiger partial charge in [-0.15, -0.1) is 0 Å². The van der Waals surface area contributed by atoms with Crippen molar-refractivity contribution in [2.24, 2.45) is 11.8 Å². The molecule has 23 heavy (non-hydrogen) atoms. The topological polar surface area (TPSA) is 70.7 Å². The zero-order valence-electron chi connectivity index (χ0n) is 16.0. The third-order valence-electron chi connectivity index (χ3n) is 3.76. The van der Waals surface area contributed by atoms with Crippen molar-refractivity contribution >= 4 is 12.0 Å². The van der Waals surface area contributed by atoms with E-state index in [1.807, 2.05) is 34.6 Å². The van der Waals surface area contributed by atoms with Crippen molar-refractivity contribution in [1.82, 2.24) is 15.5 Å². The number of nitrogens with zero attached hydrogens (tertiary/aromatic N) is 1. The van der Waals surface area contributed by atoms with Crippen LogP contribution < -0.4 is 10.6 Å². The van der Waals surface area contributed by atoms with Crippen LogP contribution in [-0.4, -0.2) is 55.2 Å².